The largest absolute Gasteiger partial charge is 0.444 e. The Morgan fingerprint density at radius 1 is 1.67 bits per heavy atom. The summed E-state index contributed by atoms with van der Waals surface area (Å²) in [7, 11) is 0. The predicted molar refractivity (Wildman–Crippen MR) is 58.6 cm³/mol. The molecule has 1 saturated heterocycles. The summed E-state index contributed by atoms with van der Waals surface area (Å²) in [5, 5.41) is 6.83. The molecule has 1 aliphatic heterocycles. The van der Waals surface area contributed by atoms with Crippen LogP contribution in [0.3, 0.4) is 0 Å². The number of aromatic nitrogens is 1. The van der Waals surface area contributed by atoms with E-state index >= 15 is 0 Å². The molecule has 0 bridgehead atoms. The maximum Gasteiger partial charge on any atom is 0.208 e. The van der Waals surface area contributed by atoms with Crippen molar-refractivity contribution in [2.45, 2.75) is 38.8 Å². The van der Waals surface area contributed by atoms with Crippen LogP contribution in [0.2, 0.25) is 0 Å². The van der Waals surface area contributed by atoms with Gasteiger partial charge >= 0.3 is 0 Å². The number of aryl methyl sites for hydroxylation is 1. The van der Waals surface area contributed by atoms with Crippen molar-refractivity contribution in [3.05, 3.63) is 17.8 Å². The molecule has 1 fully saturated rings. The van der Waals surface area contributed by atoms with Crippen LogP contribution in [0, 0.1) is 0 Å². The molecule has 1 unspecified atom stereocenters. The van der Waals surface area contributed by atoms with E-state index < -0.39 is 0 Å². The van der Waals surface area contributed by atoms with Gasteiger partial charge in [0.05, 0.1) is 12.7 Å². The molecule has 0 aromatic carbocycles. The van der Waals surface area contributed by atoms with Crippen LogP contribution < -0.4 is 10.6 Å². The van der Waals surface area contributed by atoms with Crippen molar-refractivity contribution in [2.24, 2.45) is 0 Å². The van der Waals surface area contributed by atoms with E-state index in [1.807, 2.05) is 6.20 Å². The van der Waals surface area contributed by atoms with Crippen molar-refractivity contribution < 1.29 is 4.42 Å². The van der Waals surface area contributed by atoms with E-state index in [0.29, 0.717) is 6.04 Å². The van der Waals surface area contributed by atoms with E-state index in [1.165, 1.54) is 12.8 Å². The highest BCUT2D eigenvalue weighted by atomic mass is 16.4. The van der Waals surface area contributed by atoms with Crippen LogP contribution in [0.25, 0.3) is 0 Å². The lowest BCUT2D eigenvalue weighted by Crippen LogP contribution is -2.42. The topological polar surface area (TPSA) is 50.1 Å². The molecular formula is C11H19N3O. The van der Waals surface area contributed by atoms with Crippen molar-refractivity contribution >= 4 is 0 Å². The standard InChI is InChI=1S/C11H19N3O/c1-2-10-7-14-11(15-10)8-13-9-4-3-5-12-6-9/h7,9,12-13H,2-6,8H2,1H3. The van der Waals surface area contributed by atoms with Crippen LogP contribution >= 0.6 is 0 Å². The summed E-state index contributed by atoms with van der Waals surface area (Å²) in [5.41, 5.74) is 0. The number of oxazole rings is 1. The Morgan fingerprint density at radius 3 is 3.27 bits per heavy atom. The van der Waals surface area contributed by atoms with Gasteiger partial charge in [0, 0.05) is 19.0 Å². The Hall–Kier alpha value is -0.870. The summed E-state index contributed by atoms with van der Waals surface area (Å²) in [6, 6.07) is 0.565. The van der Waals surface area contributed by atoms with Crippen LogP contribution in [-0.2, 0) is 13.0 Å². The minimum atomic E-state index is 0.565. The zero-order valence-corrected chi connectivity index (χ0v) is 9.25. The highest BCUT2D eigenvalue weighted by Crippen LogP contribution is 2.06. The second-order valence-corrected chi connectivity index (χ2v) is 4.00. The van der Waals surface area contributed by atoms with Gasteiger partial charge in [0.2, 0.25) is 5.89 Å². The van der Waals surface area contributed by atoms with E-state index in [9.17, 15) is 0 Å². The number of hydrogen-bond donors (Lipinski definition) is 2. The molecule has 2 heterocycles. The monoisotopic (exact) mass is 209 g/mol. The summed E-state index contributed by atoms with van der Waals surface area (Å²) in [6.07, 6.45) is 5.23. The normalized spacial score (nSPS) is 21.8. The molecule has 0 amide bonds. The second-order valence-electron chi connectivity index (χ2n) is 4.00. The van der Waals surface area contributed by atoms with E-state index in [1.54, 1.807) is 0 Å². The van der Waals surface area contributed by atoms with E-state index in [-0.39, 0.29) is 0 Å². The Balaban J connectivity index is 1.76. The first-order valence-corrected chi connectivity index (χ1v) is 5.76. The number of rotatable bonds is 4. The van der Waals surface area contributed by atoms with Gasteiger partial charge in [0.1, 0.15) is 5.76 Å². The van der Waals surface area contributed by atoms with Crippen LogP contribution in [0.5, 0.6) is 0 Å². The van der Waals surface area contributed by atoms with Gasteiger partial charge in [0.25, 0.3) is 0 Å². The molecule has 1 aromatic rings. The van der Waals surface area contributed by atoms with Crippen molar-refractivity contribution in [2.75, 3.05) is 13.1 Å². The summed E-state index contributed by atoms with van der Waals surface area (Å²) in [5.74, 6) is 1.77. The van der Waals surface area contributed by atoms with Crippen LogP contribution in [-0.4, -0.2) is 24.1 Å². The molecule has 1 aromatic heterocycles. The van der Waals surface area contributed by atoms with Gasteiger partial charge in [-0.2, -0.15) is 0 Å². The van der Waals surface area contributed by atoms with E-state index in [4.69, 9.17) is 4.42 Å². The molecule has 1 atom stereocenters. The van der Waals surface area contributed by atoms with Gasteiger partial charge < -0.3 is 15.1 Å². The third-order valence-corrected chi connectivity index (χ3v) is 2.79. The first-order chi connectivity index (χ1) is 7.38. The van der Waals surface area contributed by atoms with E-state index in [0.717, 1.165) is 37.7 Å². The molecule has 2 rings (SSSR count). The lowest BCUT2D eigenvalue weighted by atomic mass is 10.1. The summed E-state index contributed by atoms with van der Waals surface area (Å²) >= 11 is 0. The summed E-state index contributed by atoms with van der Waals surface area (Å²) in [6.45, 7) is 5.02. The Bertz CT molecular complexity index is 292. The second kappa shape index (κ2) is 5.28. The van der Waals surface area contributed by atoms with Crippen molar-refractivity contribution in [1.82, 2.24) is 15.6 Å². The molecule has 0 spiro atoms. The SMILES string of the molecule is CCc1cnc(CNC2CCCNC2)o1. The Labute approximate surface area is 90.5 Å². The minimum Gasteiger partial charge on any atom is -0.444 e. The van der Waals surface area contributed by atoms with Crippen molar-refractivity contribution in [1.29, 1.82) is 0 Å². The van der Waals surface area contributed by atoms with Crippen LogP contribution in [0.1, 0.15) is 31.4 Å². The maximum atomic E-state index is 5.53. The average molecular weight is 209 g/mol. The smallest absolute Gasteiger partial charge is 0.208 e. The van der Waals surface area contributed by atoms with Crippen molar-refractivity contribution in [3.8, 4) is 0 Å². The fourth-order valence-corrected chi connectivity index (χ4v) is 1.85. The molecule has 84 valence electrons. The number of nitrogens with zero attached hydrogens (tertiary/aromatic N) is 1. The van der Waals surface area contributed by atoms with Crippen LogP contribution in [0.15, 0.2) is 10.6 Å². The van der Waals surface area contributed by atoms with E-state index in [2.05, 4.69) is 22.5 Å². The van der Waals surface area contributed by atoms with Crippen LogP contribution in [0.4, 0.5) is 0 Å². The zero-order chi connectivity index (χ0) is 10.5. The molecule has 1 aliphatic rings. The Morgan fingerprint density at radius 2 is 2.60 bits per heavy atom. The zero-order valence-electron chi connectivity index (χ0n) is 9.25. The maximum absolute atomic E-state index is 5.53. The van der Waals surface area contributed by atoms with Gasteiger partial charge in [-0.05, 0) is 19.4 Å². The molecular weight excluding hydrogens is 190 g/mol. The molecule has 4 nitrogen and oxygen atoms in total. The molecule has 4 heteroatoms. The lowest BCUT2D eigenvalue weighted by molar-refractivity contribution is 0.361. The third kappa shape index (κ3) is 3.04. The number of hydrogen-bond acceptors (Lipinski definition) is 4. The Kier molecular flexibility index (Phi) is 3.75. The number of piperidine rings is 1. The third-order valence-electron chi connectivity index (χ3n) is 2.79. The molecule has 0 radical (unpaired) electrons. The summed E-state index contributed by atoms with van der Waals surface area (Å²) in [4.78, 5) is 4.22. The lowest BCUT2D eigenvalue weighted by Gasteiger charge is -2.23. The average Bonchev–Trinajstić information content (AvgIpc) is 2.76. The van der Waals surface area contributed by atoms with Gasteiger partial charge in [0.15, 0.2) is 0 Å². The highest BCUT2D eigenvalue weighted by Gasteiger charge is 2.12. The van der Waals surface area contributed by atoms with Gasteiger partial charge in [-0.3, -0.25) is 0 Å². The predicted octanol–water partition coefficient (Wildman–Crippen LogP) is 1.08. The molecule has 0 aliphatic carbocycles. The molecule has 2 N–H and O–H groups in total. The van der Waals surface area contributed by atoms with Gasteiger partial charge in [-0.25, -0.2) is 4.98 Å². The fraction of sp³-hybridized carbons (Fsp3) is 0.727. The number of nitrogens with one attached hydrogen (secondary N) is 2. The quantitative estimate of drug-likeness (QED) is 0.779. The highest BCUT2D eigenvalue weighted by molar-refractivity contribution is 4.93. The van der Waals surface area contributed by atoms with Crippen molar-refractivity contribution in [3.63, 3.8) is 0 Å². The minimum absolute atomic E-state index is 0.565. The van der Waals surface area contributed by atoms with Gasteiger partial charge in [-0.15, -0.1) is 0 Å². The first-order valence-electron chi connectivity index (χ1n) is 5.76. The first kappa shape index (κ1) is 10.6. The van der Waals surface area contributed by atoms with Gasteiger partial charge in [-0.1, -0.05) is 6.92 Å². The summed E-state index contributed by atoms with van der Waals surface area (Å²) < 4.78 is 5.53. The molecule has 15 heavy (non-hydrogen) atoms. The molecule has 0 saturated carbocycles. The fourth-order valence-electron chi connectivity index (χ4n) is 1.85.